The van der Waals surface area contributed by atoms with E-state index < -0.39 is 10.0 Å². The van der Waals surface area contributed by atoms with Gasteiger partial charge < -0.3 is 14.6 Å². The van der Waals surface area contributed by atoms with Crippen LogP contribution in [0.3, 0.4) is 0 Å². The van der Waals surface area contributed by atoms with Crippen LogP contribution in [-0.2, 0) is 19.6 Å². The molecule has 1 aromatic rings. The van der Waals surface area contributed by atoms with E-state index in [-0.39, 0.29) is 28.8 Å². The van der Waals surface area contributed by atoms with E-state index in [2.05, 4.69) is 15.2 Å². The number of ether oxygens (including phenoxy) is 1. The molecule has 0 unspecified atom stereocenters. The van der Waals surface area contributed by atoms with Crippen molar-refractivity contribution < 1.29 is 22.5 Å². The summed E-state index contributed by atoms with van der Waals surface area (Å²) in [5.41, 5.74) is 0.264. The lowest BCUT2D eigenvalue weighted by Gasteiger charge is -2.07. The Kier molecular flexibility index (Phi) is 6.79. The number of aromatic nitrogens is 1. The number of rotatable bonds is 9. The van der Waals surface area contributed by atoms with Crippen molar-refractivity contribution in [2.75, 3.05) is 26.8 Å². The van der Waals surface area contributed by atoms with Gasteiger partial charge in [-0.15, -0.1) is 0 Å². The van der Waals surface area contributed by atoms with Crippen LogP contribution < -0.4 is 10.0 Å². The zero-order valence-electron chi connectivity index (χ0n) is 12.4. The van der Waals surface area contributed by atoms with E-state index in [0.717, 1.165) is 12.8 Å². The fourth-order valence-corrected chi connectivity index (χ4v) is 3.06. The highest BCUT2D eigenvalue weighted by Crippen LogP contribution is 2.18. The standard InChI is InChI=1S/C12H21N3O5S/c1-9-12(10(2)20-15-9)21(17,18)14-8-11(16)13-6-4-5-7-19-3/h14H,4-8H2,1-3H3,(H,13,16). The fraction of sp³-hybridized carbons (Fsp3) is 0.667. The molecule has 0 fully saturated rings. The number of methoxy groups -OCH3 is 1. The molecule has 21 heavy (non-hydrogen) atoms. The number of nitrogens with zero attached hydrogens (tertiary/aromatic N) is 1. The third kappa shape index (κ3) is 5.44. The zero-order chi connectivity index (χ0) is 15.9. The Morgan fingerprint density at radius 2 is 2.05 bits per heavy atom. The van der Waals surface area contributed by atoms with Crippen LogP contribution >= 0.6 is 0 Å². The molecule has 0 saturated heterocycles. The highest BCUT2D eigenvalue weighted by atomic mass is 32.2. The first-order valence-electron chi connectivity index (χ1n) is 6.56. The van der Waals surface area contributed by atoms with E-state index in [1.54, 1.807) is 7.11 Å². The normalized spacial score (nSPS) is 11.6. The molecule has 0 aliphatic rings. The summed E-state index contributed by atoms with van der Waals surface area (Å²) in [6.07, 6.45) is 1.61. The minimum absolute atomic E-state index is 0.0182. The minimum Gasteiger partial charge on any atom is -0.385 e. The van der Waals surface area contributed by atoms with Gasteiger partial charge in [0.1, 0.15) is 10.6 Å². The molecule has 0 spiro atoms. The topological polar surface area (TPSA) is 111 Å². The number of hydrogen-bond donors (Lipinski definition) is 2. The molecule has 1 heterocycles. The van der Waals surface area contributed by atoms with E-state index in [9.17, 15) is 13.2 Å². The van der Waals surface area contributed by atoms with Crippen LogP contribution in [0.25, 0.3) is 0 Å². The predicted octanol–water partition coefficient (Wildman–Crippen LogP) is 0.113. The van der Waals surface area contributed by atoms with E-state index >= 15 is 0 Å². The quantitative estimate of drug-likeness (QED) is 0.625. The van der Waals surface area contributed by atoms with E-state index in [4.69, 9.17) is 9.26 Å². The zero-order valence-corrected chi connectivity index (χ0v) is 13.2. The summed E-state index contributed by atoms with van der Waals surface area (Å²) in [6.45, 7) is 3.83. The highest BCUT2D eigenvalue weighted by Gasteiger charge is 2.24. The second-order valence-corrected chi connectivity index (χ2v) is 6.23. The summed E-state index contributed by atoms with van der Waals surface area (Å²) >= 11 is 0. The van der Waals surface area contributed by atoms with Gasteiger partial charge in [-0.3, -0.25) is 4.79 Å². The lowest BCUT2D eigenvalue weighted by molar-refractivity contribution is -0.119. The maximum absolute atomic E-state index is 12.0. The van der Waals surface area contributed by atoms with Crippen LogP contribution in [0, 0.1) is 13.8 Å². The first-order chi connectivity index (χ1) is 9.88. The molecule has 0 aliphatic carbocycles. The molecule has 0 aromatic carbocycles. The number of aryl methyl sites for hydroxylation is 2. The van der Waals surface area contributed by atoms with Crippen molar-refractivity contribution in [2.45, 2.75) is 31.6 Å². The van der Waals surface area contributed by atoms with Crippen molar-refractivity contribution in [2.24, 2.45) is 0 Å². The maximum atomic E-state index is 12.0. The van der Waals surface area contributed by atoms with Crippen LogP contribution in [0.15, 0.2) is 9.42 Å². The van der Waals surface area contributed by atoms with Gasteiger partial charge in [0.2, 0.25) is 15.9 Å². The molecule has 0 saturated carbocycles. The fourth-order valence-electron chi connectivity index (χ4n) is 1.75. The third-order valence-electron chi connectivity index (χ3n) is 2.76. The molecule has 0 atom stereocenters. The number of nitrogens with one attached hydrogen (secondary N) is 2. The summed E-state index contributed by atoms with van der Waals surface area (Å²) in [6, 6.07) is 0. The van der Waals surface area contributed by atoms with E-state index in [1.807, 2.05) is 0 Å². The van der Waals surface area contributed by atoms with Gasteiger partial charge in [0.05, 0.1) is 6.54 Å². The molecule has 0 bridgehead atoms. The smallest absolute Gasteiger partial charge is 0.246 e. The monoisotopic (exact) mass is 319 g/mol. The van der Waals surface area contributed by atoms with Gasteiger partial charge in [-0.25, -0.2) is 13.1 Å². The lowest BCUT2D eigenvalue weighted by Crippen LogP contribution is -2.37. The van der Waals surface area contributed by atoms with E-state index in [1.165, 1.54) is 13.8 Å². The highest BCUT2D eigenvalue weighted by molar-refractivity contribution is 7.89. The summed E-state index contributed by atoms with van der Waals surface area (Å²) in [7, 11) is -2.19. The Balaban J connectivity index is 2.42. The Labute approximate surface area is 124 Å². The Morgan fingerprint density at radius 3 is 2.62 bits per heavy atom. The third-order valence-corrected chi connectivity index (χ3v) is 4.40. The van der Waals surface area contributed by atoms with Crippen LogP contribution in [-0.4, -0.2) is 46.3 Å². The predicted molar refractivity (Wildman–Crippen MR) is 75.3 cm³/mol. The Hall–Kier alpha value is -1.45. The van der Waals surface area contributed by atoms with Crippen molar-refractivity contribution >= 4 is 15.9 Å². The number of hydrogen-bond acceptors (Lipinski definition) is 6. The largest absolute Gasteiger partial charge is 0.385 e. The minimum atomic E-state index is -3.80. The van der Waals surface area contributed by atoms with Crippen LogP contribution in [0.2, 0.25) is 0 Å². The van der Waals surface area contributed by atoms with E-state index in [0.29, 0.717) is 13.2 Å². The number of carbonyl (C=O) groups is 1. The molecule has 1 aromatic heterocycles. The van der Waals surface area contributed by atoms with Gasteiger partial charge in [-0.05, 0) is 26.7 Å². The van der Waals surface area contributed by atoms with Crippen molar-refractivity contribution in [1.29, 1.82) is 0 Å². The average Bonchev–Trinajstić information content (AvgIpc) is 2.76. The van der Waals surface area contributed by atoms with Crippen molar-refractivity contribution in [3.05, 3.63) is 11.5 Å². The van der Waals surface area contributed by atoms with Gasteiger partial charge in [0, 0.05) is 20.3 Å². The summed E-state index contributed by atoms with van der Waals surface area (Å²) in [5.74, 6) is -0.192. The van der Waals surface area contributed by atoms with Crippen LogP contribution in [0.5, 0.6) is 0 Å². The Morgan fingerprint density at radius 1 is 1.33 bits per heavy atom. The van der Waals surface area contributed by atoms with Gasteiger partial charge in [0.15, 0.2) is 5.76 Å². The molecule has 0 radical (unpaired) electrons. The molecule has 1 rings (SSSR count). The molecule has 8 nitrogen and oxygen atoms in total. The molecule has 9 heteroatoms. The van der Waals surface area contributed by atoms with Crippen LogP contribution in [0.1, 0.15) is 24.3 Å². The lowest BCUT2D eigenvalue weighted by atomic mass is 10.3. The second-order valence-electron chi connectivity index (χ2n) is 4.53. The summed E-state index contributed by atoms with van der Waals surface area (Å²) in [5, 5.41) is 6.21. The van der Waals surface area contributed by atoms with Crippen LogP contribution in [0.4, 0.5) is 0 Å². The second kappa shape index (κ2) is 8.11. The van der Waals surface area contributed by atoms with Gasteiger partial charge in [-0.2, -0.15) is 0 Å². The molecule has 120 valence electrons. The number of carbonyl (C=O) groups excluding carboxylic acids is 1. The number of sulfonamides is 1. The summed E-state index contributed by atoms with van der Waals surface area (Å²) in [4.78, 5) is 11.5. The molecule has 0 aliphatic heterocycles. The SMILES string of the molecule is COCCCCNC(=O)CNS(=O)(=O)c1c(C)noc1C. The van der Waals surface area contributed by atoms with Gasteiger partial charge in [-0.1, -0.05) is 5.16 Å². The number of amides is 1. The first kappa shape index (κ1) is 17.6. The Bertz CT molecular complexity index is 548. The number of unbranched alkanes of at least 4 members (excludes halogenated alkanes) is 1. The molecular weight excluding hydrogens is 298 g/mol. The van der Waals surface area contributed by atoms with Crippen molar-refractivity contribution in [3.8, 4) is 0 Å². The van der Waals surface area contributed by atoms with Crippen molar-refractivity contribution in [1.82, 2.24) is 15.2 Å². The van der Waals surface area contributed by atoms with Crippen molar-refractivity contribution in [3.63, 3.8) is 0 Å². The maximum Gasteiger partial charge on any atom is 0.246 e. The molecule has 2 N–H and O–H groups in total. The first-order valence-corrected chi connectivity index (χ1v) is 8.05. The summed E-state index contributed by atoms with van der Waals surface area (Å²) < 4.78 is 36.0. The molecule has 1 amide bonds. The molecular formula is C12H21N3O5S. The van der Waals surface area contributed by atoms with Gasteiger partial charge in [0.25, 0.3) is 0 Å². The van der Waals surface area contributed by atoms with Gasteiger partial charge >= 0.3 is 0 Å². The average molecular weight is 319 g/mol.